The number of nitrogens with zero attached hydrogens (tertiary/aromatic N) is 3. The average molecular weight is 183 g/mol. The summed E-state index contributed by atoms with van der Waals surface area (Å²) >= 11 is 0. The number of carbonyl (C=O) groups is 1. The Morgan fingerprint density at radius 1 is 1.69 bits per heavy atom. The fourth-order valence-corrected chi connectivity index (χ4v) is 1.13. The van der Waals surface area contributed by atoms with Crippen LogP contribution in [-0.4, -0.2) is 26.1 Å². The molecule has 1 rings (SSSR count). The second kappa shape index (κ2) is 3.16. The van der Waals surface area contributed by atoms with Crippen LogP contribution in [0.5, 0.6) is 0 Å². The van der Waals surface area contributed by atoms with Crippen LogP contribution in [0.15, 0.2) is 6.20 Å². The summed E-state index contributed by atoms with van der Waals surface area (Å²) in [6.45, 7) is 3.68. The van der Waals surface area contributed by atoms with E-state index >= 15 is 0 Å². The first-order valence-corrected chi connectivity index (χ1v) is 4.00. The number of hydrogen-bond acceptors (Lipinski definition) is 3. The number of aryl methyl sites for hydroxylation is 1. The van der Waals surface area contributed by atoms with Gasteiger partial charge in [0.1, 0.15) is 0 Å². The Bertz CT molecular complexity index is 317. The fraction of sp³-hybridized carbons (Fsp3) is 0.625. The Balaban J connectivity index is 2.86. The Morgan fingerprint density at radius 2 is 2.31 bits per heavy atom. The van der Waals surface area contributed by atoms with Crippen molar-refractivity contribution in [1.82, 2.24) is 15.0 Å². The lowest BCUT2D eigenvalue weighted by Crippen LogP contribution is -2.22. The van der Waals surface area contributed by atoms with Gasteiger partial charge in [-0.05, 0) is 0 Å². The summed E-state index contributed by atoms with van der Waals surface area (Å²) in [7, 11) is 1.76. The van der Waals surface area contributed by atoms with Gasteiger partial charge in [-0.1, -0.05) is 19.1 Å². The first kappa shape index (κ1) is 9.70. The molecular formula is C8H13N3O2. The van der Waals surface area contributed by atoms with Gasteiger partial charge in [-0.15, -0.1) is 5.10 Å². The molecule has 1 aromatic rings. The van der Waals surface area contributed by atoms with Crippen molar-refractivity contribution in [2.75, 3.05) is 0 Å². The monoisotopic (exact) mass is 183 g/mol. The molecule has 0 bridgehead atoms. The number of aliphatic carboxylic acids is 1. The van der Waals surface area contributed by atoms with Crippen molar-refractivity contribution in [2.24, 2.45) is 7.05 Å². The number of carboxylic acid groups (broad SMARTS) is 1. The standard InChI is InChI=1S/C8H13N3O2/c1-8(2,4-7(12)13)6-5-11(3)10-9-6/h5H,4H2,1-3H3,(H,12,13). The minimum absolute atomic E-state index is 0.0612. The van der Waals surface area contributed by atoms with Gasteiger partial charge >= 0.3 is 5.97 Å². The molecule has 0 saturated carbocycles. The number of rotatable bonds is 3. The van der Waals surface area contributed by atoms with E-state index in [4.69, 9.17) is 5.11 Å². The molecule has 0 aromatic carbocycles. The summed E-state index contributed by atoms with van der Waals surface area (Å²) in [5.41, 5.74) is 0.248. The van der Waals surface area contributed by atoms with Crippen LogP contribution in [-0.2, 0) is 17.3 Å². The second-order valence-corrected chi connectivity index (χ2v) is 3.73. The van der Waals surface area contributed by atoms with Gasteiger partial charge in [-0.25, -0.2) is 0 Å². The predicted molar refractivity (Wildman–Crippen MR) is 46.3 cm³/mol. The molecule has 0 atom stereocenters. The number of carboxylic acids is 1. The van der Waals surface area contributed by atoms with Crippen molar-refractivity contribution < 1.29 is 9.90 Å². The van der Waals surface area contributed by atoms with Crippen LogP contribution in [0.25, 0.3) is 0 Å². The summed E-state index contributed by atoms with van der Waals surface area (Å²) in [5.74, 6) is -0.823. The zero-order chi connectivity index (χ0) is 10.1. The normalized spacial score (nSPS) is 11.6. The summed E-state index contributed by atoms with van der Waals surface area (Å²) < 4.78 is 1.57. The van der Waals surface area contributed by atoms with E-state index in [2.05, 4.69) is 10.3 Å². The van der Waals surface area contributed by atoms with E-state index in [0.29, 0.717) is 5.69 Å². The molecule has 0 amide bonds. The molecular weight excluding hydrogens is 170 g/mol. The van der Waals surface area contributed by atoms with E-state index in [-0.39, 0.29) is 6.42 Å². The molecule has 72 valence electrons. The van der Waals surface area contributed by atoms with Crippen LogP contribution >= 0.6 is 0 Å². The Labute approximate surface area is 76.4 Å². The smallest absolute Gasteiger partial charge is 0.304 e. The van der Waals surface area contributed by atoms with E-state index in [1.807, 2.05) is 13.8 Å². The summed E-state index contributed by atoms with van der Waals surface area (Å²) in [6.07, 6.45) is 1.80. The third-order valence-electron chi connectivity index (χ3n) is 1.89. The Hall–Kier alpha value is -1.39. The van der Waals surface area contributed by atoms with Crippen LogP contribution in [0.1, 0.15) is 26.0 Å². The average Bonchev–Trinajstić information content (AvgIpc) is 2.32. The summed E-state index contributed by atoms with van der Waals surface area (Å²) in [4.78, 5) is 10.5. The highest BCUT2D eigenvalue weighted by molar-refractivity contribution is 5.68. The molecule has 0 unspecified atom stereocenters. The largest absolute Gasteiger partial charge is 0.481 e. The molecule has 0 aliphatic carbocycles. The van der Waals surface area contributed by atoms with Gasteiger partial charge in [0, 0.05) is 18.7 Å². The van der Waals surface area contributed by atoms with Crippen molar-refractivity contribution >= 4 is 5.97 Å². The molecule has 0 spiro atoms. The van der Waals surface area contributed by atoms with Crippen molar-refractivity contribution in [2.45, 2.75) is 25.7 Å². The molecule has 0 saturated heterocycles. The highest BCUT2D eigenvalue weighted by Gasteiger charge is 2.26. The van der Waals surface area contributed by atoms with Crippen LogP contribution in [0.3, 0.4) is 0 Å². The molecule has 1 aromatic heterocycles. The van der Waals surface area contributed by atoms with Gasteiger partial charge in [-0.2, -0.15) is 0 Å². The molecule has 0 radical (unpaired) electrons. The predicted octanol–water partition coefficient (Wildman–Crippen LogP) is 0.567. The van der Waals surface area contributed by atoms with Crippen molar-refractivity contribution in [3.63, 3.8) is 0 Å². The summed E-state index contributed by atoms with van der Waals surface area (Å²) in [6, 6.07) is 0. The Kier molecular flexibility index (Phi) is 2.36. The topological polar surface area (TPSA) is 68.0 Å². The molecule has 0 fully saturated rings. The zero-order valence-corrected chi connectivity index (χ0v) is 7.98. The minimum Gasteiger partial charge on any atom is -0.481 e. The first-order valence-electron chi connectivity index (χ1n) is 4.00. The second-order valence-electron chi connectivity index (χ2n) is 3.73. The third kappa shape index (κ3) is 2.27. The number of hydrogen-bond donors (Lipinski definition) is 1. The minimum atomic E-state index is -0.823. The van der Waals surface area contributed by atoms with Crippen LogP contribution < -0.4 is 0 Å². The molecule has 5 heteroatoms. The third-order valence-corrected chi connectivity index (χ3v) is 1.89. The SMILES string of the molecule is Cn1cc(C(C)(C)CC(=O)O)nn1. The zero-order valence-electron chi connectivity index (χ0n) is 7.98. The van der Waals surface area contributed by atoms with Crippen LogP contribution in [0.2, 0.25) is 0 Å². The van der Waals surface area contributed by atoms with Gasteiger partial charge in [-0.3, -0.25) is 9.48 Å². The highest BCUT2D eigenvalue weighted by Crippen LogP contribution is 2.24. The van der Waals surface area contributed by atoms with Gasteiger partial charge < -0.3 is 5.11 Å². The van der Waals surface area contributed by atoms with Crippen molar-refractivity contribution in [1.29, 1.82) is 0 Å². The quantitative estimate of drug-likeness (QED) is 0.743. The van der Waals surface area contributed by atoms with Gasteiger partial charge in [0.25, 0.3) is 0 Å². The molecule has 5 nitrogen and oxygen atoms in total. The highest BCUT2D eigenvalue weighted by atomic mass is 16.4. The number of aromatic nitrogens is 3. The molecule has 0 aliphatic rings. The van der Waals surface area contributed by atoms with E-state index in [1.165, 1.54) is 0 Å². The lowest BCUT2D eigenvalue weighted by Gasteiger charge is -2.18. The maximum atomic E-state index is 10.5. The van der Waals surface area contributed by atoms with Gasteiger partial charge in [0.15, 0.2) is 0 Å². The van der Waals surface area contributed by atoms with E-state index in [9.17, 15) is 4.79 Å². The lowest BCUT2D eigenvalue weighted by molar-refractivity contribution is -0.138. The molecule has 13 heavy (non-hydrogen) atoms. The first-order chi connectivity index (χ1) is 5.92. The van der Waals surface area contributed by atoms with Gasteiger partial charge in [0.2, 0.25) is 0 Å². The van der Waals surface area contributed by atoms with E-state index < -0.39 is 11.4 Å². The molecule has 1 heterocycles. The summed E-state index contributed by atoms with van der Waals surface area (Å²) in [5, 5.41) is 16.3. The van der Waals surface area contributed by atoms with Crippen LogP contribution in [0.4, 0.5) is 0 Å². The maximum Gasteiger partial charge on any atom is 0.304 e. The molecule has 1 N–H and O–H groups in total. The Morgan fingerprint density at radius 3 is 2.69 bits per heavy atom. The van der Waals surface area contributed by atoms with E-state index in [1.54, 1.807) is 17.9 Å². The van der Waals surface area contributed by atoms with Crippen LogP contribution in [0, 0.1) is 0 Å². The fourth-order valence-electron chi connectivity index (χ4n) is 1.13. The van der Waals surface area contributed by atoms with Gasteiger partial charge in [0.05, 0.1) is 12.1 Å². The lowest BCUT2D eigenvalue weighted by atomic mass is 9.86. The van der Waals surface area contributed by atoms with Crippen molar-refractivity contribution in [3.8, 4) is 0 Å². The van der Waals surface area contributed by atoms with Crippen molar-refractivity contribution in [3.05, 3.63) is 11.9 Å². The van der Waals surface area contributed by atoms with E-state index in [0.717, 1.165) is 0 Å². The molecule has 0 aliphatic heterocycles. The maximum absolute atomic E-state index is 10.5.